The highest BCUT2D eigenvalue weighted by molar-refractivity contribution is 6.34. The molecular weight excluding hydrogens is 278 g/mol. The van der Waals surface area contributed by atoms with Crippen LogP contribution in [0.3, 0.4) is 0 Å². The number of rotatable bonds is 3. The molecule has 1 aromatic carbocycles. The number of hydrogen-bond acceptors (Lipinski definition) is 4. The molecule has 0 radical (unpaired) electrons. The van der Waals surface area contributed by atoms with Crippen molar-refractivity contribution in [3.63, 3.8) is 0 Å². The summed E-state index contributed by atoms with van der Waals surface area (Å²) in [5, 5.41) is 0.531. The third-order valence-electron chi connectivity index (χ3n) is 3.03. The van der Waals surface area contributed by atoms with E-state index < -0.39 is 0 Å². The van der Waals surface area contributed by atoms with Gasteiger partial charge >= 0.3 is 0 Å². The Morgan fingerprint density at radius 2 is 2.00 bits per heavy atom. The zero-order chi connectivity index (χ0) is 14.1. The Kier molecular flexibility index (Phi) is 3.24. The Balaban J connectivity index is 2.23. The number of benzene rings is 1. The number of furan rings is 1. The van der Waals surface area contributed by atoms with E-state index in [1.807, 2.05) is 24.3 Å². The van der Waals surface area contributed by atoms with E-state index >= 15 is 0 Å². The summed E-state index contributed by atoms with van der Waals surface area (Å²) < 4.78 is 16.5. The summed E-state index contributed by atoms with van der Waals surface area (Å²) in [7, 11) is 3.19. The van der Waals surface area contributed by atoms with Crippen LogP contribution in [0.2, 0.25) is 5.02 Å². The molecular formula is C15H12ClNO3. The van der Waals surface area contributed by atoms with Crippen LogP contribution in [-0.4, -0.2) is 19.2 Å². The molecule has 102 valence electrons. The summed E-state index contributed by atoms with van der Waals surface area (Å²) in [6.07, 6.45) is 1.65. The van der Waals surface area contributed by atoms with Crippen molar-refractivity contribution in [2.75, 3.05) is 14.2 Å². The van der Waals surface area contributed by atoms with Gasteiger partial charge in [0, 0.05) is 12.3 Å². The number of para-hydroxylation sites is 1. The van der Waals surface area contributed by atoms with E-state index in [-0.39, 0.29) is 0 Å². The van der Waals surface area contributed by atoms with Gasteiger partial charge in [-0.2, -0.15) is 0 Å². The van der Waals surface area contributed by atoms with E-state index in [1.165, 1.54) is 0 Å². The van der Waals surface area contributed by atoms with Crippen LogP contribution in [0.15, 0.2) is 40.9 Å². The Hall–Kier alpha value is -2.20. The highest BCUT2D eigenvalue weighted by Crippen LogP contribution is 2.40. The number of halogens is 1. The van der Waals surface area contributed by atoms with E-state index in [1.54, 1.807) is 26.5 Å². The first-order valence-electron chi connectivity index (χ1n) is 6.00. The molecule has 0 N–H and O–H groups in total. The molecule has 2 aromatic heterocycles. The lowest BCUT2D eigenvalue weighted by Gasteiger charge is -2.10. The summed E-state index contributed by atoms with van der Waals surface area (Å²) in [6, 6.07) is 9.13. The molecule has 0 saturated carbocycles. The van der Waals surface area contributed by atoms with E-state index in [0.29, 0.717) is 33.4 Å². The van der Waals surface area contributed by atoms with Crippen LogP contribution in [-0.2, 0) is 0 Å². The third kappa shape index (κ3) is 1.98. The Morgan fingerprint density at radius 1 is 1.15 bits per heavy atom. The van der Waals surface area contributed by atoms with Crippen molar-refractivity contribution in [3.8, 4) is 22.8 Å². The van der Waals surface area contributed by atoms with Gasteiger partial charge in [-0.3, -0.25) is 4.98 Å². The highest BCUT2D eigenvalue weighted by Gasteiger charge is 2.16. The molecule has 20 heavy (non-hydrogen) atoms. The minimum absolute atomic E-state index is 0.531. The van der Waals surface area contributed by atoms with Crippen molar-refractivity contribution in [1.82, 2.24) is 4.98 Å². The average Bonchev–Trinajstić information content (AvgIpc) is 2.91. The number of hydrogen-bond donors (Lipinski definition) is 0. The lowest BCUT2D eigenvalue weighted by Crippen LogP contribution is -1.92. The van der Waals surface area contributed by atoms with Crippen molar-refractivity contribution < 1.29 is 13.9 Å². The lowest BCUT2D eigenvalue weighted by atomic mass is 10.1. The Bertz CT molecular complexity index is 767. The fourth-order valence-electron chi connectivity index (χ4n) is 2.12. The monoisotopic (exact) mass is 289 g/mol. The number of nitrogens with zero attached hydrogens (tertiary/aromatic N) is 1. The average molecular weight is 290 g/mol. The van der Waals surface area contributed by atoms with Crippen LogP contribution in [0.4, 0.5) is 0 Å². The van der Waals surface area contributed by atoms with Crippen LogP contribution in [0.25, 0.3) is 22.4 Å². The van der Waals surface area contributed by atoms with E-state index in [9.17, 15) is 0 Å². The van der Waals surface area contributed by atoms with Gasteiger partial charge in [0.2, 0.25) is 0 Å². The predicted octanol–water partition coefficient (Wildman–Crippen LogP) is 4.17. The van der Waals surface area contributed by atoms with Gasteiger partial charge in [-0.15, -0.1) is 0 Å². The first kappa shape index (κ1) is 12.8. The number of fused-ring (bicyclic) bond motifs is 1. The highest BCUT2D eigenvalue weighted by atomic mass is 35.5. The molecule has 0 saturated heterocycles. The van der Waals surface area contributed by atoms with Crippen molar-refractivity contribution in [2.45, 2.75) is 0 Å². The quantitative estimate of drug-likeness (QED) is 0.726. The van der Waals surface area contributed by atoms with E-state index in [4.69, 9.17) is 25.5 Å². The molecule has 0 unspecified atom stereocenters. The molecule has 0 aliphatic heterocycles. The Morgan fingerprint density at radius 3 is 2.70 bits per heavy atom. The predicted molar refractivity (Wildman–Crippen MR) is 77.6 cm³/mol. The molecule has 0 aliphatic carbocycles. The summed E-state index contributed by atoms with van der Waals surface area (Å²) in [4.78, 5) is 4.24. The third-order valence-corrected chi connectivity index (χ3v) is 3.33. The second-order valence-electron chi connectivity index (χ2n) is 4.16. The normalized spacial score (nSPS) is 10.8. The number of ether oxygens (including phenoxy) is 2. The van der Waals surface area contributed by atoms with Gasteiger partial charge in [-0.05, 0) is 18.2 Å². The fraction of sp³-hybridized carbons (Fsp3) is 0.133. The largest absolute Gasteiger partial charge is 0.493 e. The molecule has 0 spiro atoms. The molecule has 0 amide bonds. The van der Waals surface area contributed by atoms with Gasteiger partial charge in [0.05, 0.1) is 24.8 Å². The zero-order valence-electron chi connectivity index (χ0n) is 11.0. The molecule has 4 nitrogen and oxygen atoms in total. The maximum absolute atomic E-state index is 6.10. The minimum atomic E-state index is 0.531. The summed E-state index contributed by atoms with van der Waals surface area (Å²) in [5.74, 6) is 1.89. The first-order chi connectivity index (χ1) is 9.74. The molecule has 2 heterocycles. The van der Waals surface area contributed by atoms with Crippen molar-refractivity contribution in [2.24, 2.45) is 0 Å². The maximum Gasteiger partial charge on any atom is 0.171 e. The van der Waals surface area contributed by atoms with Gasteiger partial charge in [0.25, 0.3) is 0 Å². The number of methoxy groups -OCH3 is 2. The topological polar surface area (TPSA) is 44.5 Å². The van der Waals surface area contributed by atoms with Crippen LogP contribution in [0.5, 0.6) is 11.5 Å². The molecule has 5 heteroatoms. The molecule has 0 bridgehead atoms. The van der Waals surface area contributed by atoms with Gasteiger partial charge in [-0.1, -0.05) is 17.7 Å². The van der Waals surface area contributed by atoms with Crippen LogP contribution in [0.1, 0.15) is 0 Å². The Labute approximate surface area is 120 Å². The maximum atomic E-state index is 6.10. The van der Waals surface area contributed by atoms with Crippen LogP contribution in [0, 0.1) is 0 Å². The lowest BCUT2D eigenvalue weighted by molar-refractivity contribution is 0.355. The van der Waals surface area contributed by atoms with Crippen molar-refractivity contribution in [1.29, 1.82) is 0 Å². The SMILES string of the molecule is COc1cccc(-c2cc3nccc(Cl)c3o2)c1OC. The molecule has 3 aromatic rings. The van der Waals surface area contributed by atoms with Crippen molar-refractivity contribution >= 4 is 22.7 Å². The molecule has 0 atom stereocenters. The van der Waals surface area contributed by atoms with Gasteiger partial charge in [0.15, 0.2) is 17.1 Å². The molecule has 0 aliphatic rings. The summed E-state index contributed by atoms with van der Waals surface area (Å²) in [5.41, 5.74) is 2.06. The van der Waals surface area contributed by atoms with E-state index in [0.717, 1.165) is 5.56 Å². The second-order valence-corrected chi connectivity index (χ2v) is 4.57. The van der Waals surface area contributed by atoms with Gasteiger partial charge in [-0.25, -0.2) is 0 Å². The first-order valence-corrected chi connectivity index (χ1v) is 6.38. The van der Waals surface area contributed by atoms with Gasteiger partial charge in [0.1, 0.15) is 11.3 Å². The standard InChI is InChI=1S/C15H12ClNO3/c1-18-12-5-3-4-9(14(12)19-2)13-8-11-15(20-13)10(16)6-7-17-11/h3-8H,1-2H3. The second kappa shape index (κ2) is 5.06. The van der Waals surface area contributed by atoms with Crippen LogP contribution < -0.4 is 9.47 Å². The minimum Gasteiger partial charge on any atom is -0.493 e. The number of pyridine rings is 1. The van der Waals surface area contributed by atoms with E-state index in [2.05, 4.69) is 4.98 Å². The number of aromatic nitrogens is 1. The van der Waals surface area contributed by atoms with Crippen molar-refractivity contribution in [3.05, 3.63) is 41.6 Å². The summed E-state index contributed by atoms with van der Waals surface area (Å²) >= 11 is 6.10. The zero-order valence-corrected chi connectivity index (χ0v) is 11.8. The van der Waals surface area contributed by atoms with Gasteiger partial charge < -0.3 is 13.9 Å². The summed E-state index contributed by atoms with van der Waals surface area (Å²) in [6.45, 7) is 0. The van der Waals surface area contributed by atoms with Crippen LogP contribution >= 0.6 is 11.6 Å². The smallest absolute Gasteiger partial charge is 0.171 e. The molecule has 3 rings (SSSR count). The molecule has 0 fully saturated rings. The fourth-order valence-corrected chi connectivity index (χ4v) is 2.31.